The van der Waals surface area contributed by atoms with E-state index in [1.54, 1.807) is 0 Å². The molecule has 0 amide bonds. The molecular formula is C11H13NS. The fourth-order valence-electron chi connectivity index (χ4n) is 1.29. The van der Waals surface area contributed by atoms with Gasteiger partial charge >= 0.3 is 0 Å². The average Bonchev–Trinajstić information content (AvgIpc) is 2.19. The zero-order chi connectivity index (χ0) is 9.26. The molecule has 0 radical (unpaired) electrons. The van der Waals surface area contributed by atoms with Crippen molar-refractivity contribution in [3.63, 3.8) is 0 Å². The first-order valence-electron chi connectivity index (χ1n) is 4.57. The summed E-state index contributed by atoms with van der Waals surface area (Å²) in [6.07, 6.45) is 0. The van der Waals surface area contributed by atoms with Gasteiger partial charge in [-0.3, -0.25) is 0 Å². The van der Waals surface area contributed by atoms with Gasteiger partial charge in [0, 0.05) is 11.2 Å². The molecule has 1 saturated heterocycles. The SMILES string of the molecule is C[C@H]1SC(=Nc2ccccc2)[C@@H]1C. The maximum Gasteiger partial charge on any atom is 0.0780 e. The number of thioether (sulfide) groups is 1. The van der Waals surface area contributed by atoms with Crippen LogP contribution in [0.5, 0.6) is 0 Å². The van der Waals surface area contributed by atoms with Crippen molar-refractivity contribution in [3.8, 4) is 0 Å². The van der Waals surface area contributed by atoms with E-state index in [0.717, 1.165) is 10.9 Å². The molecule has 1 aromatic rings. The van der Waals surface area contributed by atoms with Crippen LogP contribution < -0.4 is 0 Å². The Bertz CT molecular complexity index is 318. The maximum atomic E-state index is 4.58. The van der Waals surface area contributed by atoms with Gasteiger partial charge in [-0.15, -0.1) is 11.8 Å². The van der Waals surface area contributed by atoms with Crippen LogP contribution >= 0.6 is 11.8 Å². The molecule has 0 aliphatic carbocycles. The van der Waals surface area contributed by atoms with Gasteiger partial charge in [0.25, 0.3) is 0 Å². The summed E-state index contributed by atoms with van der Waals surface area (Å²) >= 11 is 1.88. The largest absolute Gasteiger partial charge is 0.246 e. The first-order valence-corrected chi connectivity index (χ1v) is 5.45. The molecule has 1 aliphatic rings. The molecule has 0 unspecified atom stereocenters. The van der Waals surface area contributed by atoms with Crippen molar-refractivity contribution in [2.75, 3.05) is 0 Å². The standard InChI is InChI=1S/C11H13NS/c1-8-9(2)13-11(8)12-10-6-4-3-5-7-10/h3-9H,1-2H3/t8-,9-/m1/s1. The van der Waals surface area contributed by atoms with Gasteiger partial charge in [0.1, 0.15) is 0 Å². The Morgan fingerprint density at radius 1 is 1.15 bits per heavy atom. The number of hydrogen-bond donors (Lipinski definition) is 0. The summed E-state index contributed by atoms with van der Waals surface area (Å²) in [4.78, 5) is 4.58. The molecule has 0 bridgehead atoms. The van der Waals surface area contributed by atoms with Crippen molar-refractivity contribution in [1.82, 2.24) is 0 Å². The first-order chi connectivity index (χ1) is 6.27. The average molecular weight is 191 g/mol. The molecule has 2 heteroatoms. The molecule has 0 saturated carbocycles. The zero-order valence-electron chi connectivity index (χ0n) is 7.90. The number of nitrogens with zero attached hydrogens (tertiary/aromatic N) is 1. The van der Waals surface area contributed by atoms with E-state index in [9.17, 15) is 0 Å². The summed E-state index contributed by atoms with van der Waals surface area (Å²) < 4.78 is 0. The third-order valence-corrected chi connectivity index (χ3v) is 3.88. The highest BCUT2D eigenvalue weighted by Gasteiger charge is 2.30. The van der Waals surface area contributed by atoms with Gasteiger partial charge in [-0.25, -0.2) is 4.99 Å². The van der Waals surface area contributed by atoms with Crippen molar-refractivity contribution >= 4 is 22.5 Å². The number of benzene rings is 1. The molecule has 1 fully saturated rings. The second-order valence-electron chi connectivity index (χ2n) is 3.40. The van der Waals surface area contributed by atoms with Crippen LogP contribution in [-0.2, 0) is 0 Å². The lowest BCUT2D eigenvalue weighted by atomic mass is 10.1. The van der Waals surface area contributed by atoms with Crippen LogP contribution in [0.25, 0.3) is 0 Å². The highest BCUT2D eigenvalue weighted by atomic mass is 32.2. The highest BCUT2D eigenvalue weighted by molar-refractivity contribution is 8.16. The van der Waals surface area contributed by atoms with Gasteiger partial charge in [0.05, 0.1) is 10.7 Å². The smallest absolute Gasteiger partial charge is 0.0780 e. The van der Waals surface area contributed by atoms with E-state index in [1.807, 2.05) is 42.1 Å². The van der Waals surface area contributed by atoms with E-state index >= 15 is 0 Å². The molecule has 2 atom stereocenters. The number of rotatable bonds is 1. The predicted molar refractivity (Wildman–Crippen MR) is 59.8 cm³/mol. The molecule has 1 heterocycles. The molecule has 0 N–H and O–H groups in total. The van der Waals surface area contributed by atoms with E-state index in [4.69, 9.17) is 0 Å². The minimum absolute atomic E-state index is 0.644. The molecule has 1 aliphatic heterocycles. The summed E-state index contributed by atoms with van der Waals surface area (Å²) in [7, 11) is 0. The molecule has 1 aromatic carbocycles. The summed E-state index contributed by atoms with van der Waals surface area (Å²) in [5.74, 6) is 0.644. The highest BCUT2D eigenvalue weighted by Crippen LogP contribution is 2.38. The van der Waals surface area contributed by atoms with E-state index in [2.05, 4.69) is 18.8 Å². The minimum atomic E-state index is 0.644. The van der Waals surface area contributed by atoms with Gasteiger partial charge in [0.15, 0.2) is 0 Å². The summed E-state index contributed by atoms with van der Waals surface area (Å²) in [6.45, 7) is 4.49. The van der Waals surface area contributed by atoms with Crippen LogP contribution in [0.4, 0.5) is 5.69 Å². The summed E-state index contributed by atoms with van der Waals surface area (Å²) in [5, 5.41) is 2.01. The van der Waals surface area contributed by atoms with Gasteiger partial charge in [0.2, 0.25) is 0 Å². The lowest BCUT2D eigenvalue weighted by Crippen LogP contribution is -2.30. The van der Waals surface area contributed by atoms with Gasteiger partial charge < -0.3 is 0 Å². The quantitative estimate of drug-likeness (QED) is 0.662. The lowest BCUT2D eigenvalue weighted by Gasteiger charge is -2.31. The molecule has 0 spiro atoms. The maximum absolute atomic E-state index is 4.58. The Morgan fingerprint density at radius 2 is 1.85 bits per heavy atom. The van der Waals surface area contributed by atoms with E-state index in [0.29, 0.717) is 5.92 Å². The molecule has 2 rings (SSSR count). The molecule has 1 nitrogen and oxygen atoms in total. The normalized spacial score (nSPS) is 30.2. The third-order valence-electron chi connectivity index (χ3n) is 2.40. The Balaban J connectivity index is 2.14. The molecular weight excluding hydrogens is 178 g/mol. The number of aliphatic imine (C=N–C) groups is 1. The minimum Gasteiger partial charge on any atom is -0.246 e. The van der Waals surface area contributed by atoms with Crippen LogP contribution in [0.2, 0.25) is 0 Å². The van der Waals surface area contributed by atoms with Gasteiger partial charge in [-0.1, -0.05) is 32.0 Å². The second-order valence-corrected chi connectivity index (χ2v) is 4.79. The lowest BCUT2D eigenvalue weighted by molar-refractivity contribution is 0.745. The van der Waals surface area contributed by atoms with Crippen molar-refractivity contribution in [2.45, 2.75) is 19.1 Å². The topological polar surface area (TPSA) is 12.4 Å². The van der Waals surface area contributed by atoms with Gasteiger partial charge in [-0.05, 0) is 12.1 Å². The van der Waals surface area contributed by atoms with Crippen LogP contribution in [0.3, 0.4) is 0 Å². The second kappa shape index (κ2) is 3.54. The van der Waals surface area contributed by atoms with E-state index < -0.39 is 0 Å². The van der Waals surface area contributed by atoms with E-state index in [1.165, 1.54) is 5.04 Å². The fraction of sp³-hybridized carbons (Fsp3) is 0.364. The Labute approximate surface area is 83.3 Å². The Hall–Kier alpha value is -0.760. The van der Waals surface area contributed by atoms with Crippen molar-refractivity contribution in [2.24, 2.45) is 10.9 Å². The van der Waals surface area contributed by atoms with Crippen molar-refractivity contribution < 1.29 is 0 Å². The molecule has 0 aromatic heterocycles. The summed E-state index contributed by atoms with van der Waals surface area (Å²) in [6, 6.07) is 10.2. The Morgan fingerprint density at radius 3 is 2.38 bits per heavy atom. The monoisotopic (exact) mass is 191 g/mol. The summed E-state index contributed by atoms with van der Waals surface area (Å²) in [5.41, 5.74) is 1.07. The zero-order valence-corrected chi connectivity index (χ0v) is 8.71. The number of para-hydroxylation sites is 1. The first kappa shape index (κ1) is 8.82. The van der Waals surface area contributed by atoms with Crippen LogP contribution in [0.1, 0.15) is 13.8 Å². The van der Waals surface area contributed by atoms with Crippen LogP contribution in [0, 0.1) is 5.92 Å². The van der Waals surface area contributed by atoms with Crippen LogP contribution in [0.15, 0.2) is 35.3 Å². The predicted octanol–water partition coefficient (Wildman–Crippen LogP) is 3.49. The van der Waals surface area contributed by atoms with Crippen LogP contribution in [-0.4, -0.2) is 10.3 Å². The third kappa shape index (κ3) is 1.78. The van der Waals surface area contributed by atoms with Crippen molar-refractivity contribution in [3.05, 3.63) is 30.3 Å². The number of hydrogen-bond acceptors (Lipinski definition) is 2. The Kier molecular flexibility index (Phi) is 2.40. The van der Waals surface area contributed by atoms with Crippen molar-refractivity contribution in [1.29, 1.82) is 0 Å². The van der Waals surface area contributed by atoms with E-state index in [-0.39, 0.29) is 0 Å². The molecule has 13 heavy (non-hydrogen) atoms. The van der Waals surface area contributed by atoms with Gasteiger partial charge in [-0.2, -0.15) is 0 Å². The fourth-order valence-corrected chi connectivity index (χ4v) is 2.35. The molecule has 68 valence electrons.